The van der Waals surface area contributed by atoms with E-state index in [0.29, 0.717) is 19.3 Å². The van der Waals surface area contributed by atoms with Crippen molar-refractivity contribution < 1.29 is 49.3 Å². The molecule has 0 spiro atoms. The summed E-state index contributed by atoms with van der Waals surface area (Å²) in [6.45, 7) is 5.80. The molecule has 8 unspecified atom stereocenters. The molecule has 1 rings (SSSR count). The average molecular weight is 1120 g/mol. The molecule has 8 atom stereocenters. The summed E-state index contributed by atoms with van der Waals surface area (Å²) in [5.74, 6) is -1.20. The van der Waals surface area contributed by atoms with Gasteiger partial charge in [-0.2, -0.15) is 0 Å². The van der Waals surface area contributed by atoms with E-state index in [-0.39, 0.29) is 13.0 Å². The summed E-state index contributed by atoms with van der Waals surface area (Å²) in [5.41, 5.74) is 0. The van der Waals surface area contributed by atoms with Crippen LogP contribution in [-0.2, 0) is 23.8 Å². The molecule has 0 saturated carbocycles. The van der Waals surface area contributed by atoms with Crippen LogP contribution in [0.3, 0.4) is 0 Å². The van der Waals surface area contributed by atoms with E-state index in [1.807, 2.05) is 6.08 Å². The van der Waals surface area contributed by atoms with Gasteiger partial charge in [-0.1, -0.05) is 276 Å². The van der Waals surface area contributed by atoms with Crippen molar-refractivity contribution in [2.24, 2.45) is 0 Å². The molecule has 0 aromatic rings. The summed E-state index contributed by atoms with van der Waals surface area (Å²) >= 11 is 0. The van der Waals surface area contributed by atoms with Crippen LogP contribution < -0.4 is 5.32 Å². The van der Waals surface area contributed by atoms with Crippen LogP contribution >= 0.6 is 0 Å². The second kappa shape index (κ2) is 56.4. The molecule has 0 radical (unpaired) electrons. The van der Waals surface area contributed by atoms with Gasteiger partial charge in [-0.3, -0.25) is 9.59 Å². The van der Waals surface area contributed by atoms with Gasteiger partial charge in [-0.25, -0.2) is 0 Å². The van der Waals surface area contributed by atoms with Crippen LogP contribution in [0.25, 0.3) is 0 Å². The summed E-state index contributed by atoms with van der Waals surface area (Å²) < 4.78 is 17.6. The topological polar surface area (TPSA) is 175 Å². The summed E-state index contributed by atoms with van der Waals surface area (Å²) in [7, 11) is 0. The number of ether oxygens (including phenoxy) is 3. The van der Waals surface area contributed by atoms with Crippen molar-refractivity contribution in [2.75, 3.05) is 13.2 Å². The summed E-state index contributed by atoms with van der Waals surface area (Å²) in [6, 6.07) is -1.02. The Balaban J connectivity index is 2.60. The maximum absolute atomic E-state index is 13.5. The van der Waals surface area contributed by atoms with E-state index in [4.69, 9.17) is 14.2 Å². The smallest absolute Gasteiger partial charge is 0.306 e. The molecule has 0 aromatic carbocycles. The van der Waals surface area contributed by atoms with Crippen molar-refractivity contribution in [3.8, 4) is 0 Å². The van der Waals surface area contributed by atoms with Crippen LogP contribution in [-0.4, -0.2) is 99.6 Å². The first-order chi connectivity index (χ1) is 38.7. The lowest BCUT2D eigenvalue weighted by Crippen LogP contribution is -2.61. The summed E-state index contributed by atoms with van der Waals surface area (Å²) in [5, 5.41) is 57.1. The van der Waals surface area contributed by atoms with Crippen molar-refractivity contribution in [3.05, 3.63) is 36.5 Å². The molecule has 464 valence electrons. The standard InChI is InChI=1S/C68H127NO10/c1-4-7-10-13-16-19-22-25-26-27-28-29-30-31-32-33-34-35-38-40-43-46-49-52-55-61(72)67(76)69-59(60(71)54-51-48-45-42-39-36-23-20-17-14-11-8-5-2)58-77-68-66(65(75)64(74)62(57-70)78-68)79-63(73)56-53-50-47-44-41-37-24-21-18-15-12-9-6-3/h25-26,37,41,51,54,59-62,64-66,68,70-72,74-75H,4-24,27-36,38-40,42-50,52-53,55-58H2,1-3H3,(H,69,76)/b26-25+,41-37-,54-51+. The first-order valence-electron chi connectivity index (χ1n) is 33.8. The van der Waals surface area contributed by atoms with Crippen molar-refractivity contribution in [2.45, 2.75) is 372 Å². The number of amides is 1. The van der Waals surface area contributed by atoms with E-state index in [0.717, 1.165) is 64.2 Å². The number of unbranched alkanes of at least 4 members (excludes halogenated alkanes) is 40. The normalized spacial score (nSPS) is 19.0. The van der Waals surface area contributed by atoms with E-state index < -0.39 is 67.4 Å². The fourth-order valence-electron chi connectivity index (χ4n) is 10.6. The Morgan fingerprint density at radius 1 is 0.481 bits per heavy atom. The molecule has 1 amide bonds. The number of aliphatic hydroxyl groups excluding tert-OH is 5. The molecule has 1 saturated heterocycles. The maximum atomic E-state index is 13.5. The van der Waals surface area contributed by atoms with Gasteiger partial charge in [0.05, 0.1) is 25.4 Å². The minimum Gasteiger partial charge on any atom is -0.454 e. The Bertz CT molecular complexity index is 1420. The van der Waals surface area contributed by atoms with Gasteiger partial charge in [0.25, 0.3) is 0 Å². The number of nitrogens with one attached hydrogen (secondary N) is 1. The van der Waals surface area contributed by atoms with E-state index in [1.165, 1.54) is 212 Å². The van der Waals surface area contributed by atoms with Gasteiger partial charge in [-0.15, -0.1) is 0 Å². The molecular weight excluding hydrogens is 991 g/mol. The quantitative estimate of drug-likeness (QED) is 0.0195. The van der Waals surface area contributed by atoms with Crippen LogP contribution in [0.15, 0.2) is 36.5 Å². The van der Waals surface area contributed by atoms with Crippen molar-refractivity contribution >= 4 is 11.9 Å². The van der Waals surface area contributed by atoms with Crippen molar-refractivity contribution in [3.63, 3.8) is 0 Å². The summed E-state index contributed by atoms with van der Waals surface area (Å²) in [4.78, 5) is 26.6. The zero-order valence-corrected chi connectivity index (χ0v) is 51.5. The van der Waals surface area contributed by atoms with Crippen LogP contribution in [0.5, 0.6) is 0 Å². The Hall–Kier alpha value is -2.12. The molecule has 0 aliphatic carbocycles. The second-order valence-electron chi connectivity index (χ2n) is 23.6. The molecular formula is C68H127NO10. The Morgan fingerprint density at radius 2 is 0.835 bits per heavy atom. The van der Waals surface area contributed by atoms with E-state index >= 15 is 0 Å². The third-order valence-electron chi connectivity index (χ3n) is 16.0. The zero-order chi connectivity index (χ0) is 57.5. The van der Waals surface area contributed by atoms with Crippen LogP contribution in [0, 0.1) is 0 Å². The molecule has 1 aliphatic heterocycles. The fourth-order valence-corrected chi connectivity index (χ4v) is 10.6. The third kappa shape index (κ3) is 44.1. The van der Waals surface area contributed by atoms with Gasteiger partial charge in [0, 0.05) is 6.42 Å². The van der Waals surface area contributed by atoms with Crippen molar-refractivity contribution in [1.29, 1.82) is 0 Å². The van der Waals surface area contributed by atoms with Crippen LogP contribution in [0.4, 0.5) is 0 Å². The highest BCUT2D eigenvalue weighted by Crippen LogP contribution is 2.26. The molecule has 11 heteroatoms. The predicted octanol–water partition coefficient (Wildman–Crippen LogP) is 16.6. The molecule has 1 heterocycles. The van der Waals surface area contributed by atoms with E-state index in [9.17, 15) is 35.1 Å². The largest absolute Gasteiger partial charge is 0.454 e. The number of allylic oxidation sites excluding steroid dienone is 5. The number of carbonyl (C=O) groups excluding carboxylic acids is 2. The van der Waals surface area contributed by atoms with Gasteiger partial charge in [-0.05, 0) is 77.0 Å². The highest BCUT2D eigenvalue weighted by atomic mass is 16.7. The van der Waals surface area contributed by atoms with Gasteiger partial charge < -0.3 is 45.1 Å². The van der Waals surface area contributed by atoms with Crippen molar-refractivity contribution in [1.82, 2.24) is 5.32 Å². The third-order valence-corrected chi connectivity index (χ3v) is 16.0. The lowest BCUT2D eigenvalue weighted by Gasteiger charge is -2.41. The number of aliphatic hydroxyl groups is 5. The van der Waals surface area contributed by atoms with Gasteiger partial charge >= 0.3 is 5.97 Å². The Morgan fingerprint density at radius 3 is 1.23 bits per heavy atom. The number of rotatable bonds is 58. The van der Waals surface area contributed by atoms with Crippen LogP contribution in [0.1, 0.15) is 323 Å². The maximum Gasteiger partial charge on any atom is 0.306 e. The number of esters is 1. The van der Waals surface area contributed by atoms with Crippen LogP contribution in [0.2, 0.25) is 0 Å². The van der Waals surface area contributed by atoms with E-state index in [2.05, 4.69) is 50.4 Å². The Kier molecular flexibility index (Phi) is 53.4. The molecule has 6 N–H and O–H groups in total. The minimum atomic E-state index is -1.62. The number of hydrogen-bond acceptors (Lipinski definition) is 10. The Labute approximate surface area is 485 Å². The number of carbonyl (C=O) groups is 2. The number of hydrogen-bond donors (Lipinski definition) is 6. The second-order valence-corrected chi connectivity index (χ2v) is 23.6. The summed E-state index contributed by atoms with van der Waals surface area (Å²) in [6.07, 6.45) is 57.7. The molecule has 0 aromatic heterocycles. The minimum absolute atomic E-state index is 0.106. The molecule has 0 bridgehead atoms. The molecule has 1 aliphatic rings. The molecule has 1 fully saturated rings. The first kappa shape index (κ1) is 74.9. The lowest BCUT2D eigenvalue weighted by atomic mass is 9.99. The SMILES string of the molecule is CCCCCCCC/C=C\CCCCCC(=O)OC1C(OCC(NC(=O)C(O)CCCCCCCCCCCCCCCC/C=C/CCCCCCCC)C(O)/C=C/CCCCCCCCCCCCC)OC(CO)C(O)C1O. The van der Waals surface area contributed by atoms with E-state index in [1.54, 1.807) is 6.08 Å². The van der Waals surface area contributed by atoms with Gasteiger partial charge in [0.2, 0.25) is 5.91 Å². The monoisotopic (exact) mass is 1120 g/mol. The lowest BCUT2D eigenvalue weighted by molar-refractivity contribution is -0.305. The molecule has 11 nitrogen and oxygen atoms in total. The molecule has 79 heavy (non-hydrogen) atoms. The average Bonchev–Trinajstić information content (AvgIpc) is 3.49. The highest BCUT2D eigenvalue weighted by Gasteiger charge is 2.47. The fraction of sp³-hybridized carbons (Fsp3) is 0.882. The predicted molar refractivity (Wildman–Crippen MR) is 329 cm³/mol. The zero-order valence-electron chi connectivity index (χ0n) is 51.5. The first-order valence-corrected chi connectivity index (χ1v) is 33.8. The van der Waals surface area contributed by atoms with Gasteiger partial charge in [0.1, 0.15) is 24.4 Å². The van der Waals surface area contributed by atoms with Gasteiger partial charge in [0.15, 0.2) is 12.4 Å². The highest BCUT2D eigenvalue weighted by molar-refractivity contribution is 5.80.